The van der Waals surface area contributed by atoms with E-state index in [2.05, 4.69) is 21.5 Å². The Balaban J connectivity index is 1.87. The van der Waals surface area contributed by atoms with Gasteiger partial charge in [0.25, 0.3) is 0 Å². The first-order valence-electron chi connectivity index (χ1n) is 13.9. The Labute approximate surface area is 256 Å². The summed E-state index contributed by atoms with van der Waals surface area (Å²) < 4.78 is 32.6. The number of amides is 2. The lowest BCUT2D eigenvalue weighted by atomic mass is 10.0. The number of piperazine rings is 1. The summed E-state index contributed by atoms with van der Waals surface area (Å²) in [4.78, 5) is 56.3. The van der Waals surface area contributed by atoms with Crippen molar-refractivity contribution in [2.75, 3.05) is 30.8 Å². The maximum atomic E-state index is 16.1. The number of primary amides is 1. The van der Waals surface area contributed by atoms with Gasteiger partial charge in [0.1, 0.15) is 17.3 Å². The first-order valence-corrected chi connectivity index (χ1v) is 15.1. The van der Waals surface area contributed by atoms with E-state index in [9.17, 15) is 14.4 Å². The molecule has 1 atom stereocenters. The normalized spacial score (nSPS) is 15.2. The SMILES string of the molecule is C=CC(=O)N1CCN(c2nc(=O)n(-c3c(SC)ccnc3C(C)C)c3nc(-c4c(F)cccc4C(N)=O)c(F)cc23)[C@@H](C)C1. The molecule has 4 heterocycles. The second kappa shape index (κ2) is 12.2. The number of thioether (sulfide) groups is 1. The Morgan fingerprint density at radius 2 is 1.91 bits per heavy atom. The molecule has 1 aliphatic heterocycles. The van der Waals surface area contributed by atoms with Crippen LogP contribution in [0.3, 0.4) is 0 Å². The minimum atomic E-state index is -0.964. The van der Waals surface area contributed by atoms with Crippen molar-refractivity contribution < 1.29 is 18.4 Å². The van der Waals surface area contributed by atoms with Gasteiger partial charge < -0.3 is 15.5 Å². The molecule has 0 saturated carbocycles. The molecule has 3 aromatic heterocycles. The molecule has 1 fully saturated rings. The maximum absolute atomic E-state index is 16.1. The molecule has 44 heavy (non-hydrogen) atoms. The van der Waals surface area contributed by atoms with E-state index in [0.29, 0.717) is 35.9 Å². The predicted octanol–water partition coefficient (Wildman–Crippen LogP) is 4.29. The van der Waals surface area contributed by atoms with Crippen LogP contribution in [0.1, 0.15) is 42.7 Å². The molecule has 13 heteroatoms. The number of carbonyl (C=O) groups excluding carboxylic acids is 2. The van der Waals surface area contributed by atoms with Gasteiger partial charge in [0, 0.05) is 36.8 Å². The van der Waals surface area contributed by atoms with Gasteiger partial charge in [-0.05, 0) is 49.4 Å². The van der Waals surface area contributed by atoms with Crippen molar-refractivity contribution in [3.8, 4) is 16.9 Å². The van der Waals surface area contributed by atoms with Crippen LogP contribution in [-0.4, -0.2) is 68.2 Å². The van der Waals surface area contributed by atoms with Crippen molar-refractivity contribution in [2.45, 2.75) is 37.6 Å². The monoisotopic (exact) mass is 619 g/mol. The average molecular weight is 620 g/mol. The smallest absolute Gasteiger partial charge is 0.355 e. The number of aromatic nitrogens is 4. The Morgan fingerprint density at radius 1 is 1.16 bits per heavy atom. The highest BCUT2D eigenvalue weighted by Crippen LogP contribution is 2.36. The fourth-order valence-corrected chi connectivity index (χ4v) is 6.12. The number of nitrogens with zero attached hydrogens (tertiary/aromatic N) is 6. The van der Waals surface area contributed by atoms with E-state index >= 15 is 8.78 Å². The third-order valence-electron chi connectivity index (χ3n) is 7.61. The van der Waals surface area contributed by atoms with Crippen molar-refractivity contribution >= 4 is 40.4 Å². The van der Waals surface area contributed by atoms with E-state index in [1.165, 1.54) is 34.5 Å². The number of anilines is 1. The van der Waals surface area contributed by atoms with Gasteiger partial charge in [0.2, 0.25) is 11.8 Å². The molecule has 4 aromatic rings. The standard InChI is InChI=1S/C31H31F2N7O3S/c1-6-23(41)38-12-13-39(17(4)15-38)29-19-14-21(33)26(24-18(28(34)42)8-7-9-20(24)32)36-30(19)40(31(43)37-29)27-22(44-5)10-11-35-25(27)16(2)3/h6-11,14,16-17H,1,12-13,15H2,2-5H3,(H2,34,42)/t17-/m0/s1. The van der Waals surface area contributed by atoms with Crippen LogP contribution in [0.15, 0.2) is 58.9 Å². The van der Waals surface area contributed by atoms with Crippen molar-refractivity contribution in [3.05, 3.63) is 82.6 Å². The number of halogens is 2. The zero-order valence-electron chi connectivity index (χ0n) is 24.7. The van der Waals surface area contributed by atoms with Crippen molar-refractivity contribution in [1.82, 2.24) is 24.4 Å². The summed E-state index contributed by atoms with van der Waals surface area (Å²) in [5.41, 5.74) is 4.67. The summed E-state index contributed by atoms with van der Waals surface area (Å²) in [5.74, 6) is -2.98. The molecule has 1 aliphatic rings. The number of fused-ring (bicyclic) bond motifs is 1. The van der Waals surface area contributed by atoms with E-state index in [-0.39, 0.29) is 40.3 Å². The molecule has 2 amide bonds. The summed E-state index contributed by atoms with van der Waals surface area (Å²) in [6.45, 7) is 10.2. The highest BCUT2D eigenvalue weighted by molar-refractivity contribution is 7.98. The highest BCUT2D eigenvalue weighted by atomic mass is 32.2. The molecule has 0 radical (unpaired) electrons. The molecular formula is C31H31F2N7O3S. The number of benzene rings is 1. The number of hydrogen-bond donors (Lipinski definition) is 1. The zero-order chi connectivity index (χ0) is 31.9. The Kier molecular flexibility index (Phi) is 8.51. The van der Waals surface area contributed by atoms with Crippen LogP contribution < -0.4 is 16.3 Å². The van der Waals surface area contributed by atoms with Gasteiger partial charge in [-0.15, -0.1) is 11.8 Å². The molecule has 0 spiro atoms. The number of pyridine rings is 2. The molecule has 10 nitrogen and oxygen atoms in total. The topological polar surface area (TPSA) is 127 Å². The number of nitrogens with two attached hydrogens (primary N) is 1. The summed E-state index contributed by atoms with van der Waals surface area (Å²) >= 11 is 1.38. The lowest BCUT2D eigenvalue weighted by Gasteiger charge is -2.40. The highest BCUT2D eigenvalue weighted by Gasteiger charge is 2.31. The minimum Gasteiger partial charge on any atom is -0.366 e. The average Bonchev–Trinajstić information content (AvgIpc) is 3.00. The third kappa shape index (κ3) is 5.32. The van der Waals surface area contributed by atoms with Crippen LogP contribution in [0, 0.1) is 11.6 Å². The van der Waals surface area contributed by atoms with Gasteiger partial charge in [0.05, 0.1) is 27.9 Å². The number of hydrogen-bond acceptors (Lipinski definition) is 8. The molecule has 1 saturated heterocycles. The van der Waals surface area contributed by atoms with Gasteiger partial charge >= 0.3 is 5.69 Å². The van der Waals surface area contributed by atoms with Gasteiger partial charge in [-0.3, -0.25) is 14.6 Å². The second-order valence-electron chi connectivity index (χ2n) is 10.7. The van der Waals surface area contributed by atoms with Crippen LogP contribution in [0.4, 0.5) is 14.6 Å². The molecule has 0 unspecified atom stereocenters. The Bertz CT molecular complexity index is 1880. The van der Waals surface area contributed by atoms with Crippen LogP contribution >= 0.6 is 11.8 Å². The molecular weight excluding hydrogens is 588 g/mol. The van der Waals surface area contributed by atoms with Gasteiger partial charge in [-0.25, -0.2) is 23.1 Å². The van der Waals surface area contributed by atoms with Crippen LogP contribution in [0.5, 0.6) is 0 Å². The molecule has 0 bridgehead atoms. The lowest BCUT2D eigenvalue weighted by molar-refractivity contribution is -0.126. The summed E-state index contributed by atoms with van der Waals surface area (Å²) in [6, 6.07) is 6.25. The van der Waals surface area contributed by atoms with Crippen LogP contribution in [0.2, 0.25) is 0 Å². The third-order valence-corrected chi connectivity index (χ3v) is 8.38. The van der Waals surface area contributed by atoms with E-state index in [1.54, 1.807) is 17.2 Å². The Morgan fingerprint density at radius 3 is 2.55 bits per heavy atom. The van der Waals surface area contributed by atoms with E-state index in [0.717, 1.165) is 12.1 Å². The fraction of sp³-hybridized carbons (Fsp3) is 0.290. The predicted molar refractivity (Wildman–Crippen MR) is 166 cm³/mol. The zero-order valence-corrected chi connectivity index (χ0v) is 25.5. The summed E-state index contributed by atoms with van der Waals surface area (Å²) in [5, 5.41) is 0.184. The molecule has 1 aromatic carbocycles. The largest absolute Gasteiger partial charge is 0.366 e. The van der Waals surface area contributed by atoms with E-state index in [1.807, 2.05) is 31.9 Å². The summed E-state index contributed by atoms with van der Waals surface area (Å²) in [7, 11) is 0. The maximum Gasteiger partial charge on any atom is 0.355 e. The number of rotatable bonds is 7. The van der Waals surface area contributed by atoms with Gasteiger partial charge in [-0.2, -0.15) is 4.98 Å². The van der Waals surface area contributed by atoms with Crippen molar-refractivity contribution in [1.29, 1.82) is 0 Å². The van der Waals surface area contributed by atoms with Gasteiger partial charge in [-0.1, -0.05) is 26.5 Å². The van der Waals surface area contributed by atoms with Gasteiger partial charge in [0.15, 0.2) is 11.5 Å². The molecule has 0 aliphatic carbocycles. The van der Waals surface area contributed by atoms with E-state index < -0.39 is 34.5 Å². The first kappa shape index (κ1) is 30.8. The van der Waals surface area contributed by atoms with Crippen molar-refractivity contribution in [3.63, 3.8) is 0 Å². The summed E-state index contributed by atoms with van der Waals surface area (Å²) in [6.07, 6.45) is 4.73. The second-order valence-corrected chi connectivity index (χ2v) is 11.6. The fourth-order valence-electron chi connectivity index (χ4n) is 5.54. The molecule has 5 rings (SSSR count). The van der Waals surface area contributed by atoms with Crippen LogP contribution in [-0.2, 0) is 4.79 Å². The number of carbonyl (C=O) groups is 2. The minimum absolute atomic E-state index is 0.00271. The van der Waals surface area contributed by atoms with Crippen molar-refractivity contribution in [2.24, 2.45) is 5.73 Å². The molecule has 2 N–H and O–H groups in total. The lowest BCUT2D eigenvalue weighted by Crippen LogP contribution is -2.54. The Hall–Kier alpha value is -4.65. The van der Waals surface area contributed by atoms with Crippen LogP contribution in [0.25, 0.3) is 28.0 Å². The van der Waals surface area contributed by atoms with E-state index in [4.69, 9.17) is 5.73 Å². The quantitative estimate of drug-likeness (QED) is 0.240. The first-order chi connectivity index (χ1) is 21.0. The molecule has 228 valence electrons.